The van der Waals surface area contributed by atoms with Crippen molar-refractivity contribution in [1.82, 2.24) is 10.2 Å². The molecule has 0 radical (unpaired) electrons. The second kappa shape index (κ2) is 2.35. The van der Waals surface area contributed by atoms with Gasteiger partial charge < -0.3 is 5.32 Å². The van der Waals surface area contributed by atoms with Crippen molar-refractivity contribution in [1.29, 1.82) is 0 Å². The van der Waals surface area contributed by atoms with E-state index in [-0.39, 0.29) is 5.91 Å². The Morgan fingerprint density at radius 3 is 2.89 bits per heavy atom. The van der Waals surface area contributed by atoms with Gasteiger partial charge in [0.2, 0.25) is 5.91 Å². The number of carbonyl (C=O) groups is 1. The van der Waals surface area contributed by atoms with Gasteiger partial charge in [0, 0.05) is 12.6 Å². The standard InChI is InChI=1S/C6H12N2O/c1-5-3-8(2)4-6(9)7-5/h5H,3-4H2,1-2H3,(H,7,9)/t5-/m1/s1. The molecule has 0 unspecified atom stereocenters. The lowest BCUT2D eigenvalue weighted by atomic mass is 10.2. The molecular weight excluding hydrogens is 116 g/mol. The molecule has 3 nitrogen and oxygen atoms in total. The number of hydrogen-bond donors (Lipinski definition) is 1. The van der Waals surface area contributed by atoms with Gasteiger partial charge in [-0.3, -0.25) is 9.69 Å². The van der Waals surface area contributed by atoms with Crippen molar-refractivity contribution < 1.29 is 4.79 Å². The first kappa shape index (κ1) is 6.55. The number of amides is 1. The highest BCUT2D eigenvalue weighted by atomic mass is 16.2. The second-order valence-electron chi connectivity index (χ2n) is 2.67. The summed E-state index contributed by atoms with van der Waals surface area (Å²) in [6, 6.07) is 0.316. The van der Waals surface area contributed by atoms with Crippen LogP contribution in [0.1, 0.15) is 6.92 Å². The van der Waals surface area contributed by atoms with Gasteiger partial charge in [-0.15, -0.1) is 0 Å². The lowest BCUT2D eigenvalue weighted by molar-refractivity contribution is -0.124. The minimum atomic E-state index is 0.135. The Balaban J connectivity index is 2.43. The van der Waals surface area contributed by atoms with Crippen LogP contribution in [-0.2, 0) is 4.79 Å². The first-order valence-electron chi connectivity index (χ1n) is 3.16. The molecule has 1 N–H and O–H groups in total. The Labute approximate surface area is 55.0 Å². The highest BCUT2D eigenvalue weighted by Crippen LogP contribution is 1.94. The smallest absolute Gasteiger partial charge is 0.234 e. The van der Waals surface area contributed by atoms with E-state index >= 15 is 0 Å². The molecule has 1 amide bonds. The number of hydrogen-bond acceptors (Lipinski definition) is 2. The third-order valence-corrected chi connectivity index (χ3v) is 1.41. The average molecular weight is 128 g/mol. The van der Waals surface area contributed by atoms with Crippen molar-refractivity contribution in [3.05, 3.63) is 0 Å². The normalized spacial score (nSPS) is 30.0. The van der Waals surface area contributed by atoms with Crippen LogP contribution >= 0.6 is 0 Å². The molecule has 0 aromatic rings. The van der Waals surface area contributed by atoms with E-state index in [2.05, 4.69) is 5.32 Å². The van der Waals surface area contributed by atoms with Crippen LogP contribution in [0.4, 0.5) is 0 Å². The van der Waals surface area contributed by atoms with Gasteiger partial charge in [-0.1, -0.05) is 0 Å². The number of likely N-dealkylation sites (N-methyl/N-ethyl adjacent to an activating group) is 1. The molecular formula is C6H12N2O. The first-order valence-corrected chi connectivity index (χ1v) is 3.16. The maximum absolute atomic E-state index is 10.7. The van der Waals surface area contributed by atoms with Crippen molar-refractivity contribution in [2.75, 3.05) is 20.1 Å². The predicted molar refractivity (Wildman–Crippen MR) is 35.1 cm³/mol. The molecule has 1 heterocycles. The Morgan fingerprint density at radius 1 is 1.78 bits per heavy atom. The summed E-state index contributed by atoms with van der Waals surface area (Å²) in [7, 11) is 1.95. The summed E-state index contributed by atoms with van der Waals surface area (Å²) < 4.78 is 0. The molecule has 0 saturated carbocycles. The van der Waals surface area contributed by atoms with Crippen LogP contribution in [0.2, 0.25) is 0 Å². The van der Waals surface area contributed by atoms with Crippen LogP contribution in [0.3, 0.4) is 0 Å². The third kappa shape index (κ3) is 1.68. The Bertz CT molecular complexity index is 112. The van der Waals surface area contributed by atoms with E-state index in [0.29, 0.717) is 12.6 Å². The van der Waals surface area contributed by atoms with Crippen molar-refractivity contribution in [3.8, 4) is 0 Å². The molecule has 1 rings (SSSR count). The topological polar surface area (TPSA) is 32.3 Å². The number of nitrogens with zero attached hydrogens (tertiary/aromatic N) is 1. The molecule has 0 aromatic heterocycles. The highest BCUT2D eigenvalue weighted by molar-refractivity contribution is 5.79. The van der Waals surface area contributed by atoms with Gasteiger partial charge >= 0.3 is 0 Å². The summed E-state index contributed by atoms with van der Waals surface area (Å²) >= 11 is 0. The lowest BCUT2D eigenvalue weighted by Gasteiger charge is -2.27. The van der Waals surface area contributed by atoms with Gasteiger partial charge in [-0.2, -0.15) is 0 Å². The number of rotatable bonds is 0. The summed E-state index contributed by atoms with van der Waals surface area (Å²) in [5.41, 5.74) is 0. The van der Waals surface area contributed by atoms with E-state index in [4.69, 9.17) is 0 Å². The van der Waals surface area contributed by atoms with Crippen molar-refractivity contribution >= 4 is 5.91 Å². The second-order valence-corrected chi connectivity index (χ2v) is 2.67. The summed E-state index contributed by atoms with van der Waals surface area (Å²) in [6.07, 6.45) is 0. The molecule has 1 aliphatic heterocycles. The predicted octanol–water partition coefficient (Wildman–Crippen LogP) is -0.563. The van der Waals surface area contributed by atoms with Crippen LogP contribution in [0.25, 0.3) is 0 Å². The lowest BCUT2D eigenvalue weighted by Crippen LogP contribution is -2.51. The molecule has 1 aliphatic rings. The first-order chi connectivity index (χ1) is 4.18. The van der Waals surface area contributed by atoms with Crippen LogP contribution in [0.5, 0.6) is 0 Å². The fourth-order valence-corrected chi connectivity index (χ4v) is 1.14. The average Bonchev–Trinajstić information content (AvgIpc) is 1.59. The van der Waals surface area contributed by atoms with Gasteiger partial charge in [0.1, 0.15) is 0 Å². The fraction of sp³-hybridized carbons (Fsp3) is 0.833. The van der Waals surface area contributed by atoms with E-state index in [1.165, 1.54) is 0 Å². The largest absolute Gasteiger partial charge is 0.351 e. The van der Waals surface area contributed by atoms with E-state index in [0.717, 1.165) is 6.54 Å². The highest BCUT2D eigenvalue weighted by Gasteiger charge is 2.17. The Hall–Kier alpha value is -0.570. The Kier molecular flexibility index (Phi) is 1.71. The maximum Gasteiger partial charge on any atom is 0.234 e. The minimum Gasteiger partial charge on any atom is -0.351 e. The number of nitrogens with one attached hydrogen (secondary N) is 1. The van der Waals surface area contributed by atoms with Crippen LogP contribution in [0.15, 0.2) is 0 Å². The van der Waals surface area contributed by atoms with Crippen LogP contribution < -0.4 is 5.32 Å². The van der Waals surface area contributed by atoms with Crippen LogP contribution in [0, 0.1) is 0 Å². The SMILES string of the molecule is C[C@@H]1CN(C)CC(=O)N1. The molecule has 0 aromatic carbocycles. The molecule has 0 spiro atoms. The van der Waals surface area contributed by atoms with Gasteiger partial charge in [-0.05, 0) is 14.0 Å². The maximum atomic E-state index is 10.7. The molecule has 3 heteroatoms. The molecule has 1 saturated heterocycles. The summed E-state index contributed by atoms with van der Waals surface area (Å²) in [6.45, 7) is 3.52. The molecule has 0 bridgehead atoms. The van der Waals surface area contributed by atoms with Crippen molar-refractivity contribution in [2.24, 2.45) is 0 Å². The number of piperazine rings is 1. The van der Waals surface area contributed by atoms with E-state index in [1.54, 1.807) is 0 Å². The third-order valence-electron chi connectivity index (χ3n) is 1.41. The summed E-state index contributed by atoms with van der Waals surface area (Å²) in [5.74, 6) is 0.135. The fourth-order valence-electron chi connectivity index (χ4n) is 1.14. The molecule has 0 aliphatic carbocycles. The van der Waals surface area contributed by atoms with Crippen LogP contribution in [-0.4, -0.2) is 37.0 Å². The van der Waals surface area contributed by atoms with Gasteiger partial charge in [0.05, 0.1) is 6.54 Å². The van der Waals surface area contributed by atoms with Gasteiger partial charge in [0.25, 0.3) is 0 Å². The molecule has 9 heavy (non-hydrogen) atoms. The molecule has 52 valence electrons. The molecule has 1 fully saturated rings. The van der Waals surface area contributed by atoms with E-state index < -0.39 is 0 Å². The van der Waals surface area contributed by atoms with E-state index in [9.17, 15) is 4.79 Å². The van der Waals surface area contributed by atoms with E-state index in [1.807, 2.05) is 18.9 Å². The van der Waals surface area contributed by atoms with Crippen molar-refractivity contribution in [3.63, 3.8) is 0 Å². The number of carbonyl (C=O) groups excluding carboxylic acids is 1. The zero-order valence-corrected chi connectivity index (χ0v) is 5.85. The monoisotopic (exact) mass is 128 g/mol. The zero-order valence-electron chi connectivity index (χ0n) is 5.85. The summed E-state index contributed by atoms with van der Waals surface area (Å²) in [4.78, 5) is 12.7. The molecule has 1 atom stereocenters. The Morgan fingerprint density at radius 2 is 2.44 bits per heavy atom. The quantitative estimate of drug-likeness (QED) is 0.474. The zero-order chi connectivity index (χ0) is 6.85. The summed E-state index contributed by atoms with van der Waals surface area (Å²) in [5, 5.41) is 2.83. The van der Waals surface area contributed by atoms with Crippen molar-refractivity contribution in [2.45, 2.75) is 13.0 Å². The van der Waals surface area contributed by atoms with Gasteiger partial charge in [-0.25, -0.2) is 0 Å². The minimum absolute atomic E-state index is 0.135. The van der Waals surface area contributed by atoms with Gasteiger partial charge in [0.15, 0.2) is 0 Å².